The average molecular weight is 285 g/mol. The number of hydrogen-bond acceptors (Lipinski definition) is 3. The van der Waals surface area contributed by atoms with Gasteiger partial charge < -0.3 is 5.11 Å². The lowest BCUT2D eigenvalue weighted by atomic mass is 10.2. The summed E-state index contributed by atoms with van der Waals surface area (Å²) in [6, 6.07) is 4.80. The highest BCUT2D eigenvalue weighted by atomic mass is 32.2. The monoisotopic (exact) mass is 285 g/mol. The molecular formula is C13H19NO4S. The molecule has 0 aliphatic carbocycles. The summed E-state index contributed by atoms with van der Waals surface area (Å²) in [5, 5.41) is 8.58. The van der Waals surface area contributed by atoms with Gasteiger partial charge in [0, 0.05) is 12.5 Å². The summed E-state index contributed by atoms with van der Waals surface area (Å²) in [5.74, 6) is -0.933. The Morgan fingerprint density at radius 2 is 2.00 bits per heavy atom. The summed E-state index contributed by atoms with van der Waals surface area (Å²) in [4.78, 5) is 10.7. The third kappa shape index (κ3) is 4.65. The largest absolute Gasteiger partial charge is 0.481 e. The Kier molecular flexibility index (Phi) is 5.08. The summed E-state index contributed by atoms with van der Waals surface area (Å²) in [6.07, 6.45) is 0.204. The van der Waals surface area contributed by atoms with Crippen molar-refractivity contribution in [2.24, 2.45) is 0 Å². The van der Waals surface area contributed by atoms with E-state index >= 15 is 0 Å². The van der Waals surface area contributed by atoms with E-state index in [0.717, 1.165) is 5.56 Å². The van der Waals surface area contributed by atoms with Crippen molar-refractivity contribution in [3.05, 3.63) is 29.3 Å². The second kappa shape index (κ2) is 6.16. The molecule has 0 radical (unpaired) electrons. The molecule has 2 N–H and O–H groups in total. The van der Waals surface area contributed by atoms with E-state index in [-0.39, 0.29) is 17.7 Å². The van der Waals surface area contributed by atoms with Gasteiger partial charge in [0.25, 0.3) is 0 Å². The van der Waals surface area contributed by atoms with Gasteiger partial charge >= 0.3 is 5.97 Å². The van der Waals surface area contributed by atoms with Crippen molar-refractivity contribution in [2.75, 3.05) is 0 Å². The fourth-order valence-corrected chi connectivity index (χ4v) is 3.33. The van der Waals surface area contributed by atoms with E-state index in [0.29, 0.717) is 5.56 Å². The minimum absolute atomic E-state index is 0.0590. The number of aliphatic carboxylic acids is 1. The van der Waals surface area contributed by atoms with Gasteiger partial charge in [0.05, 0.1) is 4.90 Å². The van der Waals surface area contributed by atoms with Gasteiger partial charge in [-0.1, -0.05) is 12.1 Å². The Morgan fingerprint density at radius 3 is 2.58 bits per heavy atom. The first-order chi connectivity index (χ1) is 8.72. The quantitative estimate of drug-likeness (QED) is 0.835. The minimum atomic E-state index is -3.60. The number of rotatable bonds is 6. The summed E-state index contributed by atoms with van der Waals surface area (Å²) in [5.41, 5.74) is 1.53. The lowest BCUT2D eigenvalue weighted by molar-refractivity contribution is -0.137. The number of carboxylic acid groups (broad SMARTS) is 1. The maximum atomic E-state index is 12.2. The molecule has 0 aliphatic heterocycles. The predicted molar refractivity (Wildman–Crippen MR) is 72.6 cm³/mol. The van der Waals surface area contributed by atoms with Gasteiger partial charge in [0.2, 0.25) is 10.0 Å². The van der Waals surface area contributed by atoms with E-state index in [1.54, 1.807) is 26.0 Å². The van der Waals surface area contributed by atoms with E-state index in [4.69, 9.17) is 5.11 Å². The maximum Gasteiger partial charge on any atom is 0.303 e. The van der Waals surface area contributed by atoms with Gasteiger partial charge in [-0.15, -0.1) is 0 Å². The third-order valence-corrected chi connectivity index (χ3v) is 4.51. The summed E-state index contributed by atoms with van der Waals surface area (Å²) < 4.78 is 26.9. The maximum absolute atomic E-state index is 12.2. The Labute approximate surface area is 113 Å². The molecule has 1 rings (SSSR count). The second-order valence-corrected chi connectivity index (χ2v) is 6.41. The summed E-state index contributed by atoms with van der Waals surface area (Å²) in [7, 11) is -3.60. The predicted octanol–water partition coefficient (Wildman–Crippen LogP) is 1.84. The van der Waals surface area contributed by atoms with Crippen LogP contribution in [0, 0.1) is 13.8 Å². The van der Waals surface area contributed by atoms with Gasteiger partial charge in [-0.3, -0.25) is 4.79 Å². The van der Waals surface area contributed by atoms with E-state index < -0.39 is 22.0 Å². The first kappa shape index (κ1) is 15.7. The molecule has 1 aromatic rings. The van der Waals surface area contributed by atoms with Gasteiger partial charge in [0.15, 0.2) is 0 Å². The molecule has 0 spiro atoms. The van der Waals surface area contributed by atoms with Crippen LogP contribution >= 0.6 is 0 Å². The zero-order valence-corrected chi connectivity index (χ0v) is 12.1. The van der Waals surface area contributed by atoms with Gasteiger partial charge in [-0.05, 0) is 44.4 Å². The zero-order valence-electron chi connectivity index (χ0n) is 11.3. The van der Waals surface area contributed by atoms with Crippen LogP contribution in [-0.4, -0.2) is 25.5 Å². The summed E-state index contributed by atoms with van der Waals surface area (Å²) in [6.45, 7) is 5.22. The normalized spacial score (nSPS) is 13.2. The Balaban J connectivity index is 2.86. The highest BCUT2D eigenvalue weighted by Crippen LogP contribution is 2.17. The molecule has 1 atom stereocenters. The Bertz CT molecular complexity index is 566. The molecule has 0 aliphatic rings. The Hall–Kier alpha value is -1.40. The molecule has 1 unspecified atom stereocenters. The number of carboxylic acids is 1. The summed E-state index contributed by atoms with van der Waals surface area (Å²) >= 11 is 0. The molecule has 5 nitrogen and oxygen atoms in total. The molecule has 0 saturated carbocycles. The number of nitrogens with one attached hydrogen (secondary N) is 1. The minimum Gasteiger partial charge on any atom is -0.481 e. The Morgan fingerprint density at radius 1 is 1.37 bits per heavy atom. The molecule has 0 amide bonds. The highest BCUT2D eigenvalue weighted by molar-refractivity contribution is 7.89. The van der Waals surface area contributed by atoms with E-state index in [1.807, 2.05) is 13.0 Å². The van der Waals surface area contributed by atoms with Gasteiger partial charge in [-0.25, -0.2) is 13.1 Å². The standard InChI is InChI=1S/C13H19NO4S/c1-9-4-5-10(2)12(8-9)19(17,18)14-11(3)6-7-13(15)16/h4-5,8,11,14H,6-7H2,1-3H3,(H,15,16). The van der Waals surface area contributed by atoms with Crippen LogP contribution in [0.15, 0.2) is 23.1 Å². The molecule has 106 valence electrons. The van der Waals surface area contributed by atoms with Crippen LogP contribution in [-0.2, 0) is 14.8 Å². The average Bonchev–Trinajstić information content (AvgIpc) is 2.29. The van der Waals surface area contributed by atoms with Crippen LogP contribution in [0.3, 0.4) is 0 Å². The third-order valence-electron chi connectivity index (χ3n) is 2.78. The number of benzene rings is 1. The molecule has 19 heavy (non-hydrogen) atoms. The van der Waals surface area contributed by atoms with E-state index in [9.17, 15) is 13.2 Å². The fourth-order valence-electron chi connectivity index (χ4n) is 1.72. The van der Waals surface area contributed by atoms with Crippen LogP contribution in [0.5, 0.6) is 0 Å². The highest BCUT2D eigenvalue weighted by Gasteiger charge is 2.19. The molecule has 1 aromatic carbocycles. The first-order valence-electron chi connectivity index (χ1n) is 6.04. The number of hydrogen-bond donors (Lipinski definition) is 2. The van der Waals surface area contributed by atoms with Crippen LogP contribution in [0.4, 0.5) is 0 Å². The van der Waals surface area contributed by atoms with Gasteiger partial charge in [0.1, 0.15) is 0 Å². The van der Waals surface area contributed by atoms with Crippen LogP contribution in [0.1, 0.15) is 30.9 Å². The fraction of sp³-hybridized carbons (Fsp3) is 0.462. The van der Waals surface area contributed by atoms with Crippen molar-refractivity contribution in [1.29, 1.82) is 0 Å². The SMILES string of the molecule is Cc1ccc(C)c(S(=O)(=O)NC(C)CCC(=O)O)c1. The lowest BCUT2D eigenvalue weighted by Crippen LogP contribution is -2.33. The lowest BCUT2D eigenvalue weighted by Gasteiger charge is -2.15. The topological polar surface area (TPSA) is 83.5 Å². The number of sulfonamides is 1. The molecule has 6 heteroatoms. The molecule has 0 fully saturated rings. The molecule has 0 bridgehead atoms. The van der Waals surface area contributed by atoms with Crippen molar-refractivity contribution in [3.8, 4) is 0 Å². The molecule has 0 aromatic heterocycles. The van der Waals surface area contributed by atoms with E-state index in [2.05, 4.69) is 4.72 Å². The zero-order chi connectivity index (χ0) is 14.6. The van der Waals surface area contributed by atoms with Crippen molar-refractivity contribution in [3.63, 3.8) is 0 Å². The van der Waals surface area contributed by atoms with Crippen molar-refractivity contribution < 1.29 is 18.3 Å². The van der Waals surface area contributed by atoms with Crippen LogP contribution < -0.4 is 4.72 Å². The van der Waals surface area contributed by atoms with Crippen LogP contribution in [0.25, 0.3) is 0 Å². The smallest absolute Gasteiger partial charge is 0.303 e. The van der Waals surface area contributed by atoms with Gasteiger partial charge in [-0.2, -0.15) is 0 Å². The van der Waals surface area contributed by atoms with E-state index in [1.165, 1.54) is 0 Å². The van der Waals surface area contributed by atoms with Crippen molar-refractivity contribution in [1.82, 2.24) is 4.72 Å². The first-order valence-corrected chi connectivity index (χ1v) is 7.52. The van der Waals surface area contributed by atoms with Crippen molar-refractivity contribution >= 4 is 16.0 Å². The molecular weight excluding hydrogens is 266 g/mol. The second-order valence-electron chi connectivity index (χ2n) is 4.72. The number of carbonyl (C=O) groups is 1. The van der Waals surface area contributed by atoms with Crippen LogP contribution in [0.2, 0.25) is 0 Å². The molecule has 0 heterocycles. The van der Waals surface area contributed by atoms with Crippen molar-refractivity contribution in [2.45, 2.75) is 44.6 Å². The number of aryl methyl sites for hydroxylation is 2. The molecule has 0 saturated heterocycles.